The Morgan fingerprint density at radius 1 is 1.24 bits per heavy atom. The second kappa shape index (κ2) is 11.4. The summed E-state index contributed by atoms with van der Waals surface area (Å²) in [5, 5.41) is 7.70. The fraction of sp³-hybridized carbons (Fsp3) is 0.444. The van der Waals surface area contributed by atoms with Crippen LogP contribution in [0.5, 0.6) is 0 Å². The lowest BCUT2D eigenvalue weighted by atomic mass is 10.1. The van der Waals surface area contributed by atoms with Gasteiger partial charge in [0.25, 0.3) is 0 Å². The van der Waals surface area contributed by atoms with E-state index in [1.807, 2.05) is 6.07 Å². The highest BCUT2D eigenvalue weighted by atomic mass is 127. The van der Waals surface area contributed by atoms with Crippen LogP contribution in [-0.2, 0) is 19.3 Å². The molecular formula is C18H26FIN4S. The first kappa shape index (κ1) is 21.8. The third-order valence-electron chi connectivity index (χ3n) is 3.72. The first-order valence-electron chi connectivity index (χ1n) is 8.26. The van der Waals surface area contributed by atoms with Gasteiger partial charge >= 0.3 is 0 Å². The average molecular weight is 476 g/mol. The van der Waals surface area contributed by atoms with Crippen molar-refractivity contribution in [2.45, 2.75) is 33.1 Å². The van der Waals surface area contributed by atoms with E-state index < -0.39 is 0 Å². The summed E-state index contributed by atoms with van der Waals surface area (Å²) in [5.74, 6) is 0.565. The van der Waals surface area contributed by atoms with Crippen LogP contribution in [0.3, 0.4) is 0 Å². The number of hydrogen-bond donors (Lipinski definition) is 2. The Balaban J connectivity index is 0.00000312. The molecule has 1 heterocycles. The van der Waals surface area contributed by atoms with Gasteiger partial charge in [0.2, 0.25) is 0 Å². The summed E-state index contributed by atoms with van der Waals surface area (Å²) in [6, 6.07) is 6.69. The van der Waals surface area contributed by atoms with E-state index in [-0.39, 0.29) is 29.8 Å². The van der Waals surface area contributed by atoms with E-state index in [9.17, 15) is 4.39 Å². The number of rotatable bonds is 7. The molecule has 0 unspecified atom stereocenters. The number of hydrogen-bond acceptors (Lipinski definition) is 3. The summed E-state index contributed by atoms with van der Waals surface area (Å²) >= 11 is 1.77. The van der Waals surface area contributed by atoms with Gasteiger partial charge < -0.3 is 10.6 Å². The van der Waals surface area contributed by atoms with Crippen LogP contribution in [0.25, 0.3) is 0 Å². The van der Waals surface area contributed by atoms with Crippen LogP contribution in [0, 0.1) is 12.7 Å². The number of benzene rings is 1. The molecule has 0 aliphatic heterocycles. The minimum absolute atomic E-state index is 0. The highest BCUT2D eigenvalue weighted by molar-refractivity contribution is 14.0. The van der Waals surface area contributed by atoms with Crippen molar-refractivity contribution in [1.29, 1.82) is 0 Å². The number of aromatic nitrogens is 1. The van der Waals surface area contributed by atoms with Crippen molar-refractivity contribution in [3.05, 3.63) is 51.2 Å². The summed E-state index contributed by atoms with van der Waals surface area (Å²) in [6.07, 6.45) is 2.62. The van der Waals surface area contributed by atoms with E-state index in [4.69, 9.17) is 0 Å². The molecule has 0 amide bonds. The Labute approximate surface area is 170 Å². The summed E-state index contributed by atoms with van der Waals surface area (Å²) < 4.78 is 13.1. The largest absolute Gasteiger partial charge is 0.356 e. The van der Waals surface area contributed by atoms with Crippen molar-refractivity contribution in [1.82, 2.24) is 15.6 Å². The molecule has 0 saturated heterocycles. The van der Waals surface area contributed by atoms with E-state index in [2.05, 4.69) is 34.5 Å². The van der Waals surface area contributed by atoms with Gasteiger partial charge in [-0.2, -0.15) is 0 Å². The maximum atomic E-state index is 13.1. The maximum Gasteiger partial charge on any atom is 0.191 e. The molecule has 25 heavy (non-hydrogen) atoms. The van der Waals surface area contributed by atoms with Crippen LogP contribution in [-0.4, -0.2) is 31.1 Å². The topological polar surface area (TPSA) is 49.3 Å². The van der Waals surface area contributed by atoms with Crippen LogP contribution in [0.1, 0.15) is 28.1 Å². The van der Waals surface area contributed by atoms with Crippen LogP contribution in [0.2, 0.25) is 0 Å². The highest BCUT2D eigenvalue weighted by Gasteiger charge is 2.06. The van der Waals surface area contributed by atoms with Crippen molar-refractivity contribution < 1.29 is 4.39 Å². The standard InChI is InChI=1S/C18H25FN4S.HI/c1-4-16-13(2)24-17(23-16)9-11-22-18(20-3)21-10-8-14-6-5-7-15(19)12-14;/h5-7,12H,4,8-11H2,1-3H3,(H2,20,21,22);1H. The first-order chi connectivity index (χ1) is 11.6. The Bertz CT molecular complexity index is 687. The van der Waals surface area contributed by atoms with Gasteiger partial charge in [-0.25, -0.2) is 9.37 Å². The van der Waals surface area contributed by atoms with Gasteiger partial charge in [0, 0.05) is 31.4 Å². The zero-order chi connectivity index (χ0) is 17.4. The Morgan fingerprint density at radius 3 is 2.56 bits per heavy atom. The number of thiazole rings is 1. The second-order valence-electron chi connectivity index (χ2n) is 5.52. The predicted molar refractivity (Wildman–Crippen MR) is 115 cm³/mol. The molecule has 0 atom stereocenters. The average Bonchev–Trinajstić information content (AvgIpc) is 2.93. The van der Waals surface area contributed by atoms with E-state index in [1.165, 1.54) is 16.6 Å². The molecule has 1 aromatic carbocycles. The Morgan fingerprint density at radius 2 is 1.96 bits per heavy atom. The van der Waals surface area contributed by atoms with Crippen molar-refractivity contribution in [3.63, 3.8) is 0 Å². The van der Waals surface area contributed by atoms with Gasteiger partial charge in [-0.1, -0.05) is 19.1 Å². The van der Waals surface area contributed by atoms with Gasteiger partial charge in [0.05, 0.1) is 10.7 Å². The van der Waals surface area contributed by atoms with Gasteiger partial charge in [-0.05, 0) is 37.5 Å². The molecule has 2 aromatic rings. The SMILES string of the molecule is CCc1nc(CCNC(=NC)NCCc2cccc(F)c2)sc1C.I. The third-order valence-corrected chi connectivity index (χ3v) is 4.79. The smallest absolute Gasteiger partial charge is 0.191 e. The van der Waals surface area contributed by atoms with Crippen LogP contribution < -0.4 is 10.6 Å². The quantitative estimate of drug-likeness (QED) is 0.364. The number of nitrogens with one attached hydrogen (secondary N) is 2. The van der Waals surface area contributed by atoms with Gasteiger partial charge in [-0.15, -0.1) is 35.3 Å². The second-order valence-corrected chi connectivity index (χ2v) is 6.81. The van der Waals surface area contributed by atoms with Gasteiger partial charge in [0.1, 0.15) is 5.82 Å². The number of halogens is 2. The van der Waals surface area contributed by atoms with E-state index in [0.29, 0.717) is 6.54 Å². The molecule has 1 aromatic heterocycles. The third kappa shape index (κ3) is 7.27. The molecule has 0 spiro atoms. The molecular weight excluding hydrogens is 450 g/mol. The number of aliphatic imine (C=N–C) groups is 1. The van der Waals surface area contributed by atoms with Crippen LogP contribution >= 0.6 is 35.3 Å². The normalized spacial score (nSPS) is 11.1. The van der Waals surface area contributed by atoms with Gasteiger partial charge in [0.15, 0.2) is 5.96 Å². The number of guanidine groups is 1. The summed E-state index contributed by atoms with van der Waals surface area (Å²) in [4.78, 5) is 10.2. The molecule has 0 saturated carbocycles. The predicted octanol–water partition coefficient (Wildman–Crippen LogP) is 3.72. The van der Waals surface area contributed by atoms with Crippen LogP contribution in [0.4, 0.5) is 4.39 Å². The van der Waals surface area contributed by atoms with Crippen LogP contribution in [0.15, 0.2) is 29.3 Å². The summed E-state index contributed by atoms with van der Waals surface area (Å²) in [6.45, 7) is 5.75. The van der Waals surface area contributed by atoms with E-state index >= 15 is 0 Å². The molecule has 7 heteroatoms. The van der Waals surface area contributed by atoms with Crippen molar-refractivity contribution in [2.75, 3.05) is 20.1 Å². The number of aryl methyl sites for hydroxylation is 2. The summed E-state index contributed by atoms with van der Waals surface area (Å²) in [5.41, 5.74) is 2.18. The Hall–Kier alpha value is -1.22. The first-order valence-corrected chi connectivity index (χ1v) is 9.08. The molecule has 2 rings (SSSR count). The molecule has 4 nitrogen and oxygen atoms in total. The summed E-state index contributed by atoms with van der Waals surface area (Å²) in [7, 11) is 1.75. The number of nitrogens with zero attached hydrogens (tertiary/aromatic N) is 2. The van der Waals surface area contributed by atoms with Gasteiger partial charge in [-0.3, -0.25) is 4.99 Å². The molecule has 0 aliphatic rings. The molecule has 0 aliphatic carbocycles. The van der Waals surface area contributed by atoms with Crippen molar-refractivity contribution in [2.24, 2.45) is 4.99 Å². The lowest BCUT2D eigenvalue weighted by Crippen LogP contribution is -2.39. The monoisotopic (exact) mass is 476 g/mol. The fourth-order valence-electron chi connectivity index (χ4n) is 2.45. The minimum atomic E-state index is -0.194. The Kier molecular flexibility index (Phi) is 9.96. The minimum Gasteiger partial charge on any atom is -0.356 e. The molecule has 0 bridgehead atoms. The van der Waals surface area contributed by atoms with E-state index in [1.54, 1.807) is 30.5 Å². The zero-order valence-electron chi connectivity index (χ0n) is 14.9. The van der Waals surface area contributed by atoms with Crippen molar-refractivity contribution in [3.8, 4) is 0 Å². The molecule has 0 fully saturated rings. The zero-order valence-corrected chi connectivity index (χ0v) is 18.1. The lowest BCUT2D eigenvalue weighted by molar-refractivity contribution is 0.625. The highest BCUT2D eigenvalue weighted by Crippen LogP contribution is 2.17. The van der Waals surface area contributed by atoms with Crippen molar-refractivity contribution >= 4 is 41.3 Å². The molecule has 0 radical (unpaired) electrons. The van der Waals surface area contributed by atoms with E-state index in [0.717, 1.165) is 42.3 Å². The lowest BCUT2D eigenvalue weighted by Gasteiger charge is -2.11. The maximum absolute atomic E-state index is 13.1. The fourth-order valence-corrected chi connectivity index (χ4v) is 3.47. The molecule has 2 N–H and O–H groups in total. The molecule has 138 valence electrons.